The van der Waals surface area contributed by atoms with E-state index in [-0.39, 0.29) is 5.97 Å². The molecule has 3 rings (SSSR count). The van der Waals surface area contributed by atoms with E-state index in [0.29, 0.717) is 18.1 Å². The molecular weight excluding hydrogens is 288 g/mol. The Bertz CT molecular complexity index is 758. The van der Waals surface area contributed by atoms with Crippen molar-refractivity contribution in [1.82, 2.24) is 0 Å². The topological polar surface area (TPSA) is 35.5 Å². The summed E-state index contributed by atoms with van der Waals surface area (Å²) < 4.78 is 10.8. The SMILES string of the molecule is COC(=O)c1ccc2c(c1)C(c1ccccc1)=C(C(C)C)CO2. The maximum atomic E-state index is 11.9. The van der Waals surface area contributed by atoms with Crippen LogP contribution < -0.4 is 4.74 Å². The Morgan fingerprint density at radius 3 is 2.52 bits per heavy atom. The highest BCUT2D eigenvalue weighted by Gasteiger charge is 2.24. The summed E-state index contributed by atoms with van der Waals surface area (Å²) in [6.45, 7) is 4.90. The Hall–Kier alpha value is -2.55. The van der Waals surface area contributed by atoms with Crippen LogP contribution in [0.15, 0.2) is 54.1 Å². The van der Waals surface area contributed by atoms with Crippen LogP contribution in [0.4, 0.5) is 0 Å². The molecule has 0 saturated carbocycles. The summed E-state index contributed by atoms with van der Waals surface area (Å²) in [5.74, 6) is 0.831. The molecule has 0 saturated heterocycles. The number of carbonyl (C=O) groups is 1. The van der Waals surface area contributed by atoms with Gasteiger partial charge in [-0.05, 0) is 40.8 Å². The lowest BCUT2D eigenvalue weighted by Crippen LogP contribution is -2.16. The van der Waals surface area contributed by atoms with Crippen LogP contribution in [-0.4, -0.2) is 19.7 Å². The third-order valence-electron chi connectivity index (χ3n) is 4.13. The summed E-state index contributed by atoms with van der Waals surface area (Å²) in [6.07, 6.45) is 0. The van der Waals surface area contributed by atoms with Gasteiger partial charge in [-0.3, -0.25) is 0 Å². The zero-order chi connectivity index (χ0) is 16.4. The highest BCUT2D eigenvalue weighted by atomic mass is 16.5. The van der Waals surface area contributed by atoms with Gasteiger partial charge in [0.05, 0.1) is 12.7 Å². The van der Waals surface area contributed by atoms with Gasteiger partial charge in [-0.2, -0.15) is 0 Å². The Morgan fingerprint density at radius 1 is 1.13 bits per heavy atom. The number of benzene rings is 2. The third-order valence-corrected chi connectivity index (χ3v) is 4.13. The van der Waals surface area contributed by atoms with Gasteiger partial charge < -0.3 is 9.47 Å². The van der Waals surface area contributed by atoms with Crippen molar-refractivity contribution in [2.24, 2.45) is 5.92 Å². The van der Waals surface area contributed by atoms with E-state index in [2.05, 4.69) is 26.0 Å². The van der Waals surface area contributed by atoms with Gasteiger partial charge >= 0.3 is 5.97 Å². The largest absolute Gasteiger partial charge is 0.489 e. The first-order chi connectivity index (χ1) is 11.1. The quantitative estimate of drug-likeness (QED) is 0.792. The van der Waals surface area contributed by atoms with Gasteiger partial charge in [0.1, 0.15) is 12.4 Å². The molecule has 1 aliphatic rings. The van der Waals surface area contributed by atoms with Crippen molar-refractivity contribution in [2.45, 2.75) is 13.8 Å². The lowest BCUT2D eigenvalue weighted by molar-refractivity contribution is 0.0600. The number of esters is 1. The second-order valence-electron chi connectivity index (χ2n) is 5.91. The van der Waals surface area contributed by atoms with Crippen LogP contribution in [0.5, 0.6) is 5.75 Å². The fourth-order valence-electron chi connectivity index (χ4n) is 2.90. The van der Waals surface area contributed by atoms with E-state index < -0.39 is 0 Å². The van der Waals surface area contributed by atoms with Crippen LogP contribution in [0.1, 0.15) is 35.3 Å². The first kappa shape index (κ1) is 15.3. The molecule has 118 valence electrons. The van der Waals surface area contributed by atoms with Crippen LogP contribution in [0, 0.1) is 5.92 Å². The first-order valence-corrected chi connectivity index (χ1v) is 7.75. The molecule has 2 aromatic rings. The molecule has 0 aliphatic carbocycles. The van der Waals surface area contributed by atoms with Gasteiger partial charge in [-0.15, -0.1) is 0 Å². The van der Waals surface area contributed by atoms with Gasteiger partial charge in [0.15, 0.2) is 0 Å². The predicted octanol–water partition coefficient (Wildman–Crippen LogP) is 4.32. The molecule has 0 amide bonds. The summed E-state index contributed by atoms with van der Waals surface area (Å²) >= 11 is 0. The molecule has 3 nitrogen and oxygen atoms in total. The lowest BCUT2D eigenvalue weighted by atomic mass is 9.86. The molecule has 0 atom stereocenters. The second kappa shape index (κ2) is 6.29. The Kier molecular flexibility index (Phi) is 4.20. The molecule has 2 aromatic carbocycles. The zero-order valence-corrected chi connectivity index (χ0v) is 13.6. The maximum Gasteiger partial charge on any atom is 0.337 e. The van der Waals surface area contributed by atoms with Crippen molar-refractivity contribution in [3.63, 3.8) is 0 Å². The van der Waals surface area contributed by atoms with Crippen molar-refractivity contribution in [1.29, 1.82) is 0 Å². The zero-order valence-electron chi connectivity index (χ0n) is 13.6. The van der Waals surface area contributed by atoms with Crippen molar-refractivity contribution >= 4 is 11.5 Å². The Labute approximate surface area is 136 Å². The number of methoxy groups -OCH3 is 1. The summed E-state index contributed by atoms with van der Waals surface area (Å²) in [5, 5.41) is 0. The number of rotatable bonds is 3. The number of carbonyl (C=O) groups excluding carboxylic acids is 1. The molecule has 23 heavy (non-hydrogen) atoms. The molecule has 3 heteroatoms. The Balaban J connectivity index is 2.22. The van der Waals surface area contributed by atoms with Crippen LogP contribution >= 0.6 is 0 Å². The van der Waals surface area contributed by atoms with E-state index in [9.17, 15) is 4.79 Å². The van der Waals surface area contributed by atoms with Gasteiger partial charge in [-0.1, -0.05) is 44.2 Å². The fourth-order valence-corrected chi connectivity index (χ4v) is 2.90. The van der Waals surface area contributed by atoms with Crippen molar-refractivity contribution < 1.29 is 14.3 Å². The molecule has 0 bridgehead atoms. The summed E-state index contributed by atoms with van der Waals surface area (Å²) in [7, 11) is 1.39. The molecule has 0 fully saturated rings. The van der Waals surface area contributed by atoms with E-state index in [1.54, 1.807) is 6.07 Å². The van der Waals surface area contributed by atoms with Crippen LogP contribution in [0.2, 0.25) is 0 Å². The Morgan fingerprint density at radius 2 is 1.87 bits per heavy atom. The van der Waals surface area contributed by atoms with Gasteiger partial charge in [0.25, 0.3) is 0 Å². The molecule has 0 aromatic heterocycles. The molecule has 1 aliphatic heterocycles. The predicted molar refractivity (Wildman–Crippen MR) is 90.6 cm³/mol. The molecule has 0 N–H and O–H groups in total. The number of hydrogen-bond donors (Lipinski definition) is 0. The first-order valence-electron chi connectivity index (χ1n) is 7.75. The number of hydrogen-bond acceptors (Lipinski definition) is 3. The average molecular weight is 308 g/mol. The van der Waals surface area contributed by atoms with E-state index >= 15 is 0 Å². The third kappa shape index (κ3) is 2.87. The minimum Gasteiger partial charge on any atom is -0.489 e. The summed E-state index contributed by atoms with van der Waals surface area (Å²) in [4.78, 5) is 11.9. The van der Waals surface area contributed by atoms with Crippen LogP contribution in [0.3, 0.4) is 0 Å². The molecule has 0 spiro atoms. The fraction of sp³-hybridized carbons (Fsp3) is 0.250. The minimum absolute atomic E-state index is 0.336. The van der Waals surface area contributed by atoms with Crippen LogP contribution in [-0.2, 0) is 4.74 Å². The van der Waals surface area contributed by atoms with Crippen LogP contribution in [0.25, 0.3) is 5.57 Å². The standard InChI is InChI=1S/C20H20O3/c1-13(2)17-12-23-18-10-9-15(20(21)22-3)11-16(18)19(17)14-7-5-4-6-8-14/h4-11,13H,12H2,1-3H3. The van der Waals surface area contributed by atoms with E-state index in [1.807, 2.05) is 30.3 Å². The number of ether oxygens (including phenoxy) is 2. The normalized spacial score (nSPS) is 13.6. The van der Waals surface area contributed by atoms with E-state index in [1.165, 1.54) is 12.7 Å². The average Bonchev–Trinajstić information content (AvgIpc) is 2.60. The van der Waals surface area contributed by atoms with Gasteiger partial charge in [-0.25, -0.2) is 4.79 Å². The van der Waals surface area contributed by atoms with Gasteiger partial charge in [0.2, 0.25) is 0 Å². The lowest BCUT2D eigenvalue weighted by Gasteiger charge is -2.27. The van der Waals surface area contributed by atoms with E-state index in [0.717, 1.165) is 22.4 Å². The maximum absolute atomic E-state index is 11.9. The molecule has 0 unspecified atom stereocenters. The smallest absolute Gasteiger partial charge is 0.337 e. The highest BCUT2D eigenvalue weighted by molar-refractivity contribution is 5.94. The molecule has 0 radical (unpaired) electrons. The second-order valence-corrected chi connectivity index (χ2v) is 5.91. The monoisotopic (exact) mass is 308 g/mol. The molecular formula is C20H20O3. The van der Waals surface area contributed by atoms with Crippen molar-refractivity contribution in [2.75, 3.05) is 13.7 Å². The van der Waals surface area contributed by atoms with Crippen molar-refractivity contribution in [3.05, 3.63) is 70.8 Å². The van der Waals surface area contributed by atoms with Gasteiger partial charge in [0, 0.05) is 5.56 Å². The number of fused-ring (bicyclic) bond motifs is 1. The van der Waals surface area contributed by atoms with Crippen molar-refractivity contribution in [3.8, 4) is 5.75 Å². The van der Waals surface area contributed by atoms with E-state index in [4.69, 9.17) is 9.47 Å². The summed E-state index contributed by atoms with van der Waals surface area (Å²) in [5.41, 5.74) is 5.03. The highest BCUT2D eigenvalue weighted by Crippen LogP contribution is 2.40. The summed E-state index contributed by atoms with van der Waals surface area (Å²) in [6, 6.07) is 15.7. The minimum atomic E-state index is -0.336. The molecule has 1 heterocycles.